The summed E-state index contributed by atoms with van der Waals surface area (Å²) in [5.41, 5.74) is 5.62. The first kappa shape index (κ1) is 12.4. The predicted molar refractivity (Wildman–Crippen MR) is 52.4 cm³/mol. The van der Waals surface area contributed by atoms with Crippen molar-refractivity contribution < 1.29 is 9.53 Å². The number of methoxy groups -OCH3 is 1. The van der Waals surface area contributed by atoms with Crippen molar-refractivity contribution in [2.75, 3.05) is 20.8 Å². The van der Waals surface area contributed by atoms with Crippen molar-refractivity contribution in [3.63, 3.8) is 0 Å². The molecule has 2 atom stereocenters. The van der Waals surface area contributed by atoms with Crippen LogP contribution in [0.5, 0.6) is 0 Å². The predicted octanol–water partition coefficient (Wildman–Crippen LogP) is 0.217. The molecule has 0 radical (unpaired) electrons. The van der Waals surface area contributed by atoms with E-state index in [4.69, 9.17) is 10.5 Å². The zero-order chi connectivity index (χ0) is 10.4. The van der Waals surface area contributed by atoms with Gasteiger partial charge < -0.3 is 15.4 Å². The fourth-order valence-electron chi connectivity index (χ4n) is 1.01. The third-order valence-electron chi connectivity index (χ3n) is 2.17. The van der Waals surface area contributed by atoms with Gasteiger partial charge in [-0.15, -0.1) is 0 Å². The minimum atomic E-state index is -0.385. The van der Waals surface area contributed by atoms with Gasteiger partial charge in [-0.3, -0.25) is 4.79 Å². The molecule has 0 rings (SSSR count). The first-order valence-corrected chi connectivity index (χ1v) is 4.55. The summed E-state index contributed by atoms with van der Waals surface area (Å²) in [5.74, 6) is -0.0212. The Labute approximate surface area is 80.0 Å². The number of hydrogen-bond acceptors (Lipinski definition) is 3. The second-order valence-corrected chi connectivity index (χ2v) is 3.27. The van der Waals surface area contributed by atoms with Crippen molar-refractivity contribution in [2.45, 2.75) is 32.4 Å². The van der Waals surface area contributed by atoms with Gasteiger partial charge in [-0.25, -0.2) is 0 Å². The molecule has 0 heterocycles. The number of nitrogens with two attached hydrogens (primary N) is 1. The van der Waals surface area contributed by atoms with Gasteiger partial charge in [-0.1, -0.05) is 6.92 Å². The van der Waals surface area contributed by atoms with E-state index < -0.39 is 0 Å². The summed E-state index contributed by atoms with van der Waals surface area (Å²) in [6.07, 6.45) is 0.670. The Morgan fingerprint density at radius 3 is 2.54 bits per heavy atom. The van der Waals surface area contributed by atoms with Gasteiger partial charge in [0, 0.05) is 14.2 Å². The molecule has 0 spiro atoms. The number of ether oxygens (including phenoxy) is 1. The van der Waals surface area contributed by atoms with Gasteiger partial charge in [0.1, 0.15) is 0 Å². The summed E-state index contributed by atoms with van der Waals surface area (Å²) < 4.78 is 4.95. The van der Waals surface area contributed by atoms with E-state index in [1.807, 2.05) is 13.8 Å². The molecule has 0 aliphatic heterocycles. The monoisotopic (exact) mass is 188 g/mol. The van der Waals surface area contributed by atoms with Gasteiger partial charge in [0.15, 0.2) is 0 Å². The van der Waals surface area contributed by atoms with Crippen molar-refractivity contribution in [2.24, 2.45) is 5.73 Å². The molecule has 2 N–H and O–H groups in total. The van der Waals surface area contributed by atoms with Gasteiger partial charge in [0.05, 0.1) is 18.7 Å². The van der Waals surface area contributed by atoms with Crippen LogP contribution in [-0.2, 0) is 9.53 Å². The van der Waals surface area contributed by atoms with Gasteiger partial charge in [-0.2, -0.15) is 0 Å². The Morgan fingerprint density at radius 2 is 2.15 bits per heavy atom. The second-order valence-electron chi connectivity index (χ2n) is 3.27. The number of hydrogen-bond donors (Lipinski definition) is 1. The first-order chi connectivity index (χ1) is 6.04. The summed E-state index contributed by atoms with van der Waals surface area (Å²) in [4.78, 5) is 13.2. The number of amides is 1. The molecule has 0 aromatic carbocycles. The molecule has 1 unspecified atom stereocenters. The minimum Gasteiger partial charge on any atom is -0.383 e. The number of rotatable bonds is 5. The lowest BCUT2D eigenvalue weighted by Gasteiger charge is -2.26. The van der Waals surface area contributed by atoms with E-state index in [0.29, 0.717) is 13.0 Å². The van der Waals surface area contributed by atoms with Crippen LogP contribution in [0.3, 0.4) is 0 Å². The van der Waals surface area contributed by atoms with Gasteiger partial charge in [-0.05, 0) is 13.3 Å². The summed E-state index contributed by atoms with van der Waals surface area (Å²) in [5, 5.41) is 0. The number of carbonyl (C=O) groups is 1. The molecule has 4 heteroatoms. The van der Waals surface area contributed by atoms with Crippen molar-refractivity contribution >= 4 is 5.91 Å². The average Bonchev–Trinajstić information content (AvgIpc) is 2.14. The van der Waals surface area contributed by atoms with E-state index in [1.165, 1.54) is 0 Å². The van der Waals surface area contributed by atoms with Crippen molar-refractivity contribution in [3.8, 4) is 0 Å². The fourth-order valence-corrected chi connectivity index (χ4v) is 1.01. The zero-order valence-corrected chi connectivity index (χ0v) is 8.91. The molecule has 1 amide bonds. The molecule has 0 saturated heterocycles. The quantitative estimate of drug-likeness (QED) is 0.671. The van der Waals surface area contributed by atoms with E-state index in [9.17, 15) is 4.79 Å². The Morgan fingerprint density at radius 1 is 1.62 bits per heavy atom. The Hall–Kier alpha value is -0.610. The Kier molecular flexibility index (Phi) is 5.66. The molecule has 0 aromatic rings. The van der Waals surface area contributed by atoms with Gasteiger partial charge >= 0.3 is 0 Å². The smallest absolute Gasteiger partial charge is 0.239 e. The molecule has 0 saturated carbocycles. The average molecular weight is 188 g/mol. The van der Waals surface area contributed by atoms with Crippen LogP contribution in [-0.4, -0.2) is 43.7 Å². The van der Waals surface area contributed by atoms with Crippen LogP contribution >= 0.6 is 0 Å². The van der Waals surface area contributed by atoms with Crippen molar-refractivity contribution in [1.82, 2.24) is 4.90 Å². The van der Waals surface area contributed by atoms with E-state index in [0.717, 1.165) is 0 Å². The summed E-state index contributed by atoms with van der Waals surface area (Å²) in [6, 6.07) is -0.306. The molecule has 78 valence electrons. The summed E-state index contributed by atoms with van der Waals surface area (Å²) in [7, 11) is 3.37. The van der Waals surface area contributed by atoms with E-state index >= 15 is 0 Å². The molecule has 0 aliphatic carbocycles. The maximum absolute atomic E-state index is 11.5. The lowest BCUT2D eigenvalue weighted by atomic mass is 10.2. The molecule has 0 fully saturated rings. The lowest BCUT2D eigenvalue weighted by Crippen LogP contribution is -2.46. The maximum atomic E-state index is 11.5. The molecule has 0 aromatic heterocycles. The molecule has 0 aliphatic rings. The van der Waals surface area contributed by atoms with Gasteiger partial charge in [0.25, 0.3) is 0 Å². The van der Waals surface area contributed by atoms with Crippen LogP contribution in [0.25, 0.3) is 0 Å². The minimum absolute atomic E-state index is 0.0212. The van der Waals surface area contributed by atoms with Crippen LogP contribution in [0, 0.1) is 0 Å². The Bertz CT molecular complexity index is 162. The Balaban J connectivity index is 4.08. The van der Waals surface area contributed by atoms with Crippen LogP contribution in [0.4, 0.5) is 0 Å². The van der Waals surface area contributed by atoms with Crippen molar-refractivity contribution in [3.05, 3.63) is 0 Å². The standard InChI is InChI=1S/C9H20N2O2/c1-5-8(10)9(12)11(3)7(2)6-13-4/h7-8H,5-6,10H2,1-4H3/t7?,8-/m1/s1. The topological polar surface area (TPSA) is 55.6 Å². The van der Waals surface area contributed by atoms with Gasteiger partial charge in [0.2, 0.25) is 5.91 Å². The van der Waals surface area contributed by atoms with Crippen molar-refractivity contribution in [1.29, 1.82) is 0 Å². The van der Waals surface area contributed by atoms with E-state index in [-0.39, 0.29) is 18.0 Å². The third kappa shape index (κ3) is 3.74. The van der Waals surface area contributed by atoms with Crippen LogP contribution in [0.2, 0.25) is 0 Å². The highest BCUT2D eigenvalue weighted by Gasteiger charge is 2.20. The maximum Gasteiger partial charge on any atom is 0.239 e. The third-order valence-corrected chi connectivity index (χ3v) is 2.17. The SMILES string of the molecule is CC[C@@H](N)C(=O)N(C)C(C)COC. The lowest BCUT2D eigenvalue weighted by molar-refractivity contribution is -0.134. The molecule has 13 heavy (non-hydrogen) atoms. The highest BCUT2D eigenvalue weighted by molar-refractivity contribution is 5.81. The van der Waals surface area contributed by atoms with Crippen LogP contribution < -0.4 is 5.73 Å². The summed E-state index contributed by atoms with van der Waals surface area (Å²) >= 11 is 0. The summed E-state index contributed by atoms with van der Waals surface area (Å²) in [6.45, 7) is 4.37. The second kappa shape index (κ2) is 5.94. The number of nitrogens with zero attached hydrogens (tertiary/aromatic N) is 1. The van der Waals surface area contributed by atoms with Crippen LogP contribution in [0.15, 0.2) is 0 Å². The van der Waals surface area contributed by atoms with E-state index in [2.05, 4.69) is 0 Å². The fraction of sp³-hybridized carbons (Fsp3) is 0.889. The van der Waals surface area contributed by atoms with E-state index in [1.54, 1.807) is 19.1 Å². The normalized spacial score (nSPS) is 15.2. The molecular formula is C9H20N2O2. The highest BCUT2D eigenvalue weighted by atomic mass is 16.5. The number of carbonyl (C=O) groups excluding carboxylic acids is 1. The largest absolute Gasteiger partial charge is 0.383 e. The molecule has 0 bridgehead atoms. The zero-order valence-electron chi connectivity index (χ0n) is 8.91. The number of likely N-dealkylation sites (N-methyl/N-ethyl adjacent to an activating group) is 1. The van der Waals surface area contributed by atoms with Crippen LogP contribution in [0.1, 0.15) is 20.3 Å². The highest BCUT2D eigenvalue weighted by Crippen LogP contribution is 2.00. The molecule has 4 nitrogen and oxygen atoms in total. The molecular weight excluding hydrogens is 168 g/mol. The first-order valence-electron chi connectivity index (χ1n) is 4.55.